The minimum atomic E-state index is -4.45. The number of carbonyl (C=O) groups is 2. The van der Waals surface area contributed by atoms with Crippen molar-refractivity contribution < 1.29 is 36.3 Å². The Morgan fingerprint density at radius 2 is 2.10 bits per heavy atom. The van der Waals surface area contributed by atoms with Gasteiger partial charge < -0.3 is 14.1 Å². The Bertz CT molecular complexity index is 1150. The van der Waals surface area contributed by atoms with Crippen LogP contribution in [0.3, 0.4) is 0 Å². The molecule has 1 amide bonds. The lowest BCUT2D eigenvalue weighted by Crippen LogP contribution is -2.37. The number of furan rings is 1. The number of esters is 1. The summed E-state index contributed by atoms with van der Waals surface area (Å²) in [6.45, 7) is -1.16. The molecule has 0 spiro atoms. The lowest BCUT2D eigenvalue weighted by Gasteiger charge is -2.27. The monoisotopic (exact) mass is 436 g/mol. The van der Waals surface area contributed by atoms with Crippen LogP contribution >= 0.6 is 0 Å². The zero-order valence-corrected chi connectivity index (χ0v) is 16.0. The van der Waals surface area contributed by atoms with Crippen molar-refractivity contribution in [2.24, 2.45) is 0 Å². The largest absolute Gasteiger partial charge is 0.458 e. The van der Waals surface area contributed by atoms with E-state index in [1.165, 1.54) is 18.3 Å². The van der Waals surface area contributed by atoms with E-state index in [1.54, 1.807) is 29.3 Å². The predicted octanol–water partition coefficient (Wildman–Crippen LogP) is 4.08. The summed E-state index contributed by atoms with van der Waals surface area (Å²) in [5.74, 6) is -5.49. The second kappa shape index (κ2) is 8.01. The number of hydrogen-bond acceptors (Lipinski definition) is 5. The summed E-state index contributed by atoms with van der Waals surface area (Å²) in [6.07, 6.45) is -0.168. The van der Waals surface area contributed by atoms with Gasteiger partial charge in [-0.1, -0.05) is 12.1 Å². The summed E-state index contributed by atoms with van der Waals surface area (Å²) in [5, 5.41) is 0.483. The highest BCUT2D eigenvalue weighted by Crippen LogP contribution is 2.28. The number of amides is 1. The predicted molar refractivity (Wildman–Crippen MR) is 100 cm³/mol. The summed E-state index contributed by atoms with van der Waals surface area (Å²) in [5.41, 5.74) is 1.31. The van der Waals surface area contributed by atoms with Gasteiger partial charge in [0.2, 0.25) is 0 Å². The Balaban J connectivity index is 1.53. The average molecular weight is 436 g/mol. The SMILES string of the molecule is O=C(OCC(F)(F)C(F)F)c1cccc2cc(CN3CCc4ccncc4C3=O)oc12. The number of nitrogens with zero attached hydrogens (tertiary/aromatic N) is 2. The molecule has 31 heavy (non-hydrogen) atoms. The maximum Gasteiger partial charge on any atom is 0.342 e. The van der Waals surface area contributed by atoms with Gasteiger partial charge in [-0.2, -0.15) is 8.78 Å². The van der Waals surface area contributed by atoms with Crippen molar-refractivity contribution in [1.29, 1.82) is 0 Å². The zero-order chi connectivity index (χ0) is 22.2. The van der Waals surface area contributed by atoms with Crippen molar-refractivity contribution in [2.75, 3.05) is 13.2 Å². The Morgan fingerprint density at radius 1 is 1.29 bits per heavy atom. The van der Waals surface area contributed by atoms with Crippen molar-refractivity contribution in [3.63, 3.8) is 0 Å². The molecule has 3 aromatic rings. The van der Waals surface area contributed by atoms with Gasteiger partial charge in [-0.3, -0.25) is 9.78 Å². The summed E-state index contributed by atoms with van der Waals surface area (Å²) in [7, 11) is 0. The third-order valence-corrected chi connectivity index (χ3v) is 4.96. The highest BCUT2D eigenvalue weighted by molar-refractivity contribution is 6.02. The Labute approximate surface area is 173 Å². The highest BCUT2D eigenvalue weighted by Gasteiger charge is 2.42. The molecule has 6 nitrogen and oxygen atoms in total. The van der Waals surface area contributed by atoms with Crippen molar-refractivity contribution >= 4 is 22.8 Å². The Kier molecular flexibility index (Phi) is 5.38. The van der Waals surface area contributed by atoms with Crippen LogP contribution in [-0.4, -0.2) is 47.3 Å². The molecule has 0 aliphatic carbocycles. The van der Waals surface area contributed by atoms with Gasteiger partial charge in [0.05, 0.1) is 12.1 Å². The fraction of sp³-hybridized carbons (Fsp3) is 0.286. The fourth-order valence-corrected chi connectivity index (χ4v) is 3.36. The first-order valence-corrected chi connectivity index (χ1v) is 9.33. The number of rotatable bonds is 6. The first-order valence-electron chi connectivity index (χ1n) is 9.33. The van der Waals surface area contributed by atoms with Crippen molar-refractivity contribution in [3.8, 4) is 0 Å². The number of halogens is 4. The summed E-state index contributed by atoms with van der Waals surface area (Å²) < 4.78 is 60.7. The number of aromatic nitrogens is 1. The fourth-order valence-electron chi connectivity index (χ4n) is 3.36. The first-order chi connectivity index (χ1) is 14.8. The number of fused-ring (bicyclic) bond motifs is 2. The molecule has 1 aliphatic rings. The van der Waals surface area contributed by atoms with Crippen LogP contribution in [0, 0.1) is 0 Å². The van der Waals surface area contributed by atoms with E-state index in [4.69, 9.17) is 4.42 Å². The van der Waals surface area contributed by atoms with Crippen molar-refractivity contribution in [3.05, 3.63) is 65.2 Å². The normalized spacial score (nSPS) is 14.2. The van der Waals surface area contributed by atoms with Gasteiger partial charge in [0.1, 0.15) is 16.9 Å². The minimum Gasteiger partial charge on any atom is -0.458 e. The summed E-state index contributed by atoms with van der Waals surface area (Å²) in [6, 6.07) is 7.81. The molecule has 0 N–H and O–H groups in total. The van der Waals surface area contributed by atoms with Crippen LogP contribution in [0.2, 0.25) is 0 Å². The molecule has 0 unspecified atom stereocenters. The van der Waals surface area contributed by atoms with Crippen LogP contribution in [0.4, 0.5) is 17.6 Å². The molecule has 10 heteroatoms. The molecule has 1 aromatic carbocycles. The van der Waals surface area contributed by atoms with E-state index < -0.39 is 24.9 Å². The number of carbonyl (C=O) groups excluding carboxylic acids is 2. The van der Waals surface area contributed by atoms with E-state index in [2.05, 4.69) is 9.72 Å². The van der Waals surface area contributed by atoms with Gasteiger partial charge in [0.15, 0.2) is 6.61 Å². The molecule has 0 saturated carbocycles. The molecule has 2 aromatic heterocycles. The van der Waals surface area contributed by atoms with Crippen LogP contribution in [0.5, 0.6) is 0 Å². The van der Waals surface area contributed by atoms with Gasteiger partial charge in [0.25, 0.3) is 5.91 Å². The van der Waals surface area contributed by atoms with Crippen LogP contribution in [0.25, 0.3) is 11.0 Å². The maximum absolute atomic E-state index is 13.1. The highest BCUT2D eigenvalue weighted by atomic mass is 19.3. The third kappa shape index (κ3) is 4.10. The number of alkyl halides is 4. The number of hydrogen-bond donors (Lipinski definition) is 0. The van der Waals surface area contributed by atoms with Crippen LogP contribution in [0.1, 0.15) is 32.0 Å². The molecule has 0 fully saturated rings. The molecular weight excluding hydrogens is 420 g/mol. The van der Waals surface area contributed by atoms with Gasteiger partial charge in [-0.25, -0.2) is 13.6 Å². The summed E-state index contributed by atoms with van der Waals surface area (Å²) >= 11 is 0. The molecule has 0 saturated heterocycles. The second-order valence-electron chi connectivity index (χ2n) is 7.08. The Hall–Kier alpha value is -3.43. The van der Waals surface area contributed by atoms with E-state index >= 15 is 0 Å². The molecular formula is C21H16F4N2O4. The topological polar surface area (TPSA) is 72.6 Å². The minimum absolute atomic E-state index is 0.0642. The average Bonchev–Trinajstić information content (AvgIpc) is 3.16. The number of pyridine rings is 1. The van der Waals surface area contributed by atoms with E-state index in [-0.39, 0.29) is 23.6 Å². The van der Waals surface area contributed by atoms with E-state index in [9.17, 15) is 27.2 Å². The van der Waals surface area contributed by atoms with E-state index in [1.807, 2.05) is 0 Å². The lowest BCUT2D eigenvalue weighted by atomic mass is 10.0. The van der Waals surface area contributed by atoms with Gasteiger partial charge in [-0.15, -0.1) is 0 Å². The smallest absolute Gasteiger partial charge is 0.342 e. The van der Waals surface area contributed by atoms with Crippen LogP contribution in [-0.2, 0) is 17.7 Å². The molecule has 3 heterocycles. The van der Waals surface area contributed by atoms with E-state index in [0.717, 1.165) is 5.56 Å². The maximum atomic E-state index is 13.1. The molecule has 0 radical (unpaired) electrons. The van der Waals surface area contributed by atoms with Crippen LogP contribution in [0.15, 0.2) is 47.1 Å². The van der Waals surface area contributed by atoms with Crippen LogP contribution < -0.4 is 0 Å². The second-order valence-corrected chi connectivity index (χ2v) is 7.08. The molecule has 0 atom stereocenters. The quantitative estimate of drug-likeness (QED) is 0.430. The number of benzene rings is 1. The van der Waals surface area contributed by atoms with Crippen molar-refractivity contribution in [2.45, 2.75) is 25.3 Å². The standard InChI is InChI=1S/C21H16F4N2O4/c22-20(23)21(24,25)11-30-19(29)15-3-1-2-13-8-14(31-17(13)15)10-27-7-5-12-4-6-26-9-16(12)18(27)28/h1-4,6,8-9,20H,5,7,10-11H2. The zero-order valence-electron chi connectivity index (χ0n) is 16.0. The molecule has 4 rings (SSSR count). The lowest BCUT2D eigenvalue weighted by molar-refractivity contribution is -0.155. The third-order valence-electron chi connectivity index (χ3n) is 4.96. The number of para-hydroxylation sites is 1. The van der Waals surface area contributed by atoms with Gasteiger partial charge >= 0.3 is 18.3 Å². The van der Waals surface area contributed by atoms with Crippen molar-refractivity contribution in [1.82, 2.24) is 9.88 Å². The molecule has 1 aliphatic heterocycles. The Morgan fingerprint density at radius 3 is 2.87 bits per heavy atom. The van der Waals surface area contributed by atoms with Gasteiger partial charge in [-0.05, 0) is 30.2 Å². The molecule has 0 bridgehead atoms. The summed E-state index contributed by atoms with van der Waals surface area (Å²) in [4.78, 5) is 30.4. The van der Waals surface area contributed by atoms with E-state index in [0.29, 0.717) is 29.7 Å². The first kappa shape index (κ1) is 20.8. The molecule has 162 valence electrons. The number of ether oxygens (including phenoxy) is 1. The van der Waals surface area contributed by atoms with Gasteiger partial charge in [0, 0.05) is 24.3 Å².